The van der Waals surface area contributed by atoms with E-state index in [1.54, 1.807) is 0 Å². The molecule has 0 amide bonds. The number of hydrogen-bond donors (Lipinski definition) is 0. The number of benzene rings is 1. The van der Waals surface area contributed by atoms with Gasteiger partial charge >= 0.3 is 0 Å². The summed E-state index contributed by atoms with van der Waals surface area (Å²) in [4.78, 5) is 0. The third kappa shape index (κ3) is 2.88. The maximum Gasteiger partial charge on any atom is 0.113 e. The van der Waals surface area contributed by atoms with Gasteiger partial charge in [-0.1, -0.05) is 42.7 Å². The summed E-state index contributed by atoms with van der Waals surface area (Å²) >= 11 is 0. The van der Waals surface area contributed by atoms with Gasteiger partial charge in [0.1, 0.15) is 7.85 Å². The van der Waals surface area contributed by atoms with Crippen molar-refractivity contribution in [3.8, 4) is 0 Å². The van der Waals surface area contributed by atoms with E-state index in [1.165, 1.54) is 22.3 Å². The molecule has 0 aliphatic carbocycles. The van der Waals surface area contributed by atoms with Crippen LogP contribution in [0.2, 0.25) is 0 Å². The van der Waals surface area contributed by atoms with E-state index in [4.69, 9.17) is 7.85 Å². The second-order valence-electron chi connectivity index (χ2n) is 4.07. The summed E-state index contributed by atoms with van der Waals surface area (Å²) in [5.74, 6) is 0. The second-order valence-corrected chi connectivity index (χ2v) is 4.07. The number of allylic oxidation sites excluding steroid dienone is 4. The Kier molecular flexibility index (Phi) is 4.60. The smallest absolute Gasteiger partial charge is 0.0960 e. The van der Waals surface area contributed by atoms with Crippen molar-refractivity contribution in [2.24, 2.45) is 0 Å². The summed E-state index contributed by atoms with van der Waals surface area (Å²) in [5, 5.41) is 0. The predicted octanol–water partition coefficient (Wildman–Crippen LogP) is 3.55. The minimum Gasteiger partial charge on any atom is -0.0960 e. The van der Waals surface area contributed by atoms with Crippen LogP contribution in [0.5, 0.6) is 0 Å². The van der Waals surface area contributed by atoms with Crippen molar-refractivity contribution in [3.05, 3.63) is 47.1 Å². The lowest BCUT2D eigenvalue weighted by Gasteiger charge is -2.12. The van der Waals surface area contributed by atoms with Gasteiger partial charge in [-0.2, -0.15) is 0 Å². The van der Waals surface area contributed by atoms with Crippen LogP contribution in [0.1, 0.15) is 38.3 Å². The molecule has 1 rings (SSSR count). The van der Waals surface area contributed by atoms with Gasteiger partial charge in [0.05, 0.1) is 0 Å². The number of hydrogen-bond acceptors (Lipinski definition) is 0. The molecule has 0 spiro atoms. The van der Waals surface area contributed by atoms with Gasteiger partial charge in [-0.05, 0) is 49.5 Å². The molecule has 0 heterocycles. The molecule has 0 saturated heterocycles. The highest BCUT2D eigenvalue weighted by atomic mass is 14.1. The Balaban J connectivity index is 3.25. The molecule has 0 saturated carbocycles. The van der Waals surface area contributed by atoms with Gasteiger partial charge in [-0.25, -0.2) is 0 Å². The summed E-state index contributed by atoms with van der Waals surface area (Å²) in [7, 11) is 5.85. The Morgan fingerprint density at radius 1 is 1.38 bits per heavy atom. The molecule has 0 nitrogen and oxygen atoms in total. The molecular formula is C15H19B. The van der Waals surface area contributed by atoms with Gasteiger partial charge in [0.2, 0.25) is 0 Å². The average Bonchev–Trinajstić information content (AvgIpc) is 2.24. The lowest BCUT2D eigenvalue weighted by atomic mass is 9.87. The van der Waals surface area contributed by atoms with E-state index >= 15 is 0 Å². The minimum absolute atomic E-state index is 0.823. The zero-order valence-corrected chi connectivity index (χ0v) is 10.7. The van der Waals surface area contributed by atoms with Gasteiger partial charge in [0.15, 0.2) is 0 Å². The van der Waals surface area contributed by atoms with Crippen molar-refractivity contribution >= 4 is 18.9 Å². The molecule has 0 aromatic heterocycles. The predicted molar refractivity (Wildman–Crippen MR) is 74.3 cm³/mol. The monoisotopic (exact) mass is 210 g/mol. The van der Waals surface area contributed by atoms with Crippen molar-refractivity contribution in [3.63, 3.8) is 0 Å². The van der Waals surface area contributed by atoms with Crippen LogP contribution in [-0.2, 0) is 0 Å². The third-order valence-electron chi connectivity index (χ3n) is 2.78. The van der Waals surface area contributed by atoms with Crippen molar-refractivity contribution in [2.75, 3.05) is 0 Å². The topological polar surface area (TPSA) is 0 Å². The highest BCUT2D eigenvalue weighted by molar-refractivity contribution is 6.32. The molecule has 0 atom stereocenters. The first kappa shape index (κ1) is 12.8. The van der Waals surface area contributed by atoms with Gasteiger partial charge in [0.25, 0.3) is 0 Å². The fourth-order valence-corrected chi connectivity index (χ4v) is 1.94. The maximum atomic E-state index is 5.85. The molecule has 0 N–H and O–H groups in total. The highest BCUT2D eigenvalue weighted by Gasteiger charge is 2.05. The molecule has 1 heteroatoms. The van der Waals surface area contributed by atoms with Crippen LogP contribution in [0.4, 0.5) is 0 Å². The van der Waals surface area contributed by atoms with Crippen molar-refractivity contribution in [1.29, 1.82) is 0 Å². The summed E-state index contributed by atoms with van der Waals surface area (Å²) in [5.41, 5.74) is 5.94. The Labute approximate surface area is 100 Å². The number of aryl methyl sites for hydroxylation is 1. The summed E-state index contributed by atoms with van der Waals surface area (Å²) in [6.45, 7) is 8.51. The molecule has 0 aliphatic rings. The van der Waals surface area contributed by atoms with Gasteiger partial charge < -0.3 is 0 Å². The molecule has 0 aliphatic heterocycles. The maximum absolute atomic E-state index is 5.85. The van der Waals surface area contributed by atoms with E-state index in [0.29, 0.717) is 0 Å². The van der Waals surface area contributed by atoms with Crippen LogP contribution in [-0.4, -0.2) is 7.85 Å². The van der Waals surface area contributed by atoms with Gasteiger partial charge in [-0.3, -0.25) is 0 Å². The molecule has 82 valence electrons. The first-order valence-corrected chi connectivity index (χ1v) is 5.80. The zero-order valence-electron chi connectivity index (χ0n) is 10.7. The summed E-state index contributed by atoms with van der Waals surface area (Å²) < 4.78 is 0. The fourth-order valence-electron chi connectivity index (χ4n) is 1.94. The zero-order chi connectivity index (χ0) is 12.1. The third-order valence-corrected chi connectivity index (χ3v) is 2.78. The lowest BCUT2D eigenvalue weighted by Crippen LogP contribution is -2.04. The van der Waals surface area contributed by atoms with Gasteiger partial charge in [-0.15, -0.1) is 0 Å². The van der Waals surface area contributed by atoms with Crippen molar-refractivity contribution in [1.82, 2.24) is 0 Å². The fraction of sp³-hybridized carbons (Fsp3) is 0.333. The standard InChI is InChI=1S/C15H19B/c1-5-7-11(3)14(6-2)15-10-13(16)9-8-12(15)4/h6-10H,5H2,1-4H3/b11-7-,14-6+. The van der Waals surface area contributed by atoms with Crippen molar-refractivity contribution < 1.29 is 0 Å². The van der Waals surface area contributed by atoms with E-state index < -0.39 is 0 Å². The largest absolute Gasteiger partial charge is 0.113 e. The molecule has 0 unspecified atom stereocenters. The van der Waals surface area contributed by atoms with Crippen LogP contribution in [0, 0.1) is 6.92 Å². The molecule has 0 bridgehead atoms. The van der Waals surface area contributed by atoms with Crippen LogP contribution in [0.3, 0.4) is 0 Å². The SMILES string of the molecule is [B]c1ccc(C)c(C(=C/C)/C(C)=C\CC)c1. The molecule has 1 aromatic rings. The Hall–Kier alpha value is -1.24. The highest BCUT2D eigenvalue weighted by Crippen LogP contribution is 2.25. The van der Waals surface area contributed by atoms with E-state index in [1.807, 2.05) is 6.07 Å². The van der Waals surface area contributed by atoms with E-state index in [0.717, 1.165) is 11.9 Å². The Morgan fingerprint density at radius 3 is 2.62 bits per heavy atom. The molecule has 2 radical (unpaired) electrons. The Bertz CT molecular complexity index is 425. The minimum atomic E-state index is 0.823. The molecular weight excluding hydrogens is 191 g/mol. The first-order valence-electron chi connectivity index (χ1n) is 5.80. The van der Waals surface area contributed by atoms with E-state index in [9.17, 15) is 0 Å². The second kappa shape index (κ2) is 5.74. The summed E-state index contributed by atoms with van der Waals surface area (Å²) in [6, 6.07) is 6.08. The van der Waals surface area contributed by atoms with E-state index in [2.05, 4.69) is 52.0 Å². The first-order chi connectivity index (χ1) is 7.60. The van der Waals surface area contributed by atoms with Crippen LogP contribution < -0.4 is 5.46 Å². The van der Waals surface area contributed by atoms with Crippen LogP contribution in [0.25, 0.3) is 5.57 Å². The normalized spacial score (nSPS) is 13.0. The van der Waals surface area contributed by atoms with Crippen LogP contribution >= 0.6 is 0 Å². The van der Waals surface area contributed by atoms with E-state index in [-0.39, 0.29) is 0 Å². The summed E-state index contributed by atoms with van der Waals surface area (Å²) in [6.07, 6.45) is 5.46. The molecule has 1 aromatic carbocycles. The van der Waals surface area contributed by atoms with Crippen molar-refractivity contribution in [2.45, 2.75) is 34.1 Å². The van der Waals surface area contributed by atoms with Gasteiger partial charge in [0, 0.05) is 0 Å². The number of rotatable bonds is 3. The Morgan fingerprint density at radius 2 is 2.06 bits per heavy atom. The molecule has 0 fully saturated rings. The quantitative estimate of drug-likeness (QED) is 0.528. The lowest BCUT2D eigenvalue weighted by molar-refractivity contribution is 1.20. The molecule has 16 heavy (non-hydrogen) atoms. The average molecular weight is 210 g/mol. The van der Waals surface area contributed by atoms with Crippen LogP contribution in [0.15, 0.2) is 35.9 Å².